The van der Waals surface area contributed by atoms with E-state index in [2.05, 4.69) is 10.6 Å². The van der Waals surface area contributed by atoms with Gasteiger partial charge in [0.1, 0.15) is 0 Å². The highest BCUT2D eigenvalue weighted by Crippen LogP contribution is 2.44. The highest BCUT2D eigenvalue weighted by atomic mass is 16.3. The quantitative estimate of drug-likeness (QED) is 0.747. The molecular formula is C21H24N2O3. The van der Waals surface area contributed by atoms with Gasteiger partial charge in [-0.05, 0) is 42.5 Å². The van der Waals surface area contributed by atoms with Crippen LogP contribution >= 0.6 is 0 Å². The highest BCUT2D eigenvalue weighted by Gasteiger charge is 2.50. The molecule has 1 fully saturated rings. The summed E-state index contributed by atoms with van der Waals surface area (Å²) in [6, 6.07) is 17.3. The number of rotatable bonds is 6. The molecule has 2 aromatic rings. The second kappa shape index (κ2) is 7.70. The molecule has 0 aliphatic heterocycles. The van der Waals surface area contributed by atoms with Crippen molar-refractivity contribution in [3.05, 3.63) is 65.7 Å². The molecule has 5 nitrogen and oxygen atoms in total. The van der Waals surface area contributed by atoms with Gasteiger partial charge in [-0.25, -0.2) is 0 Å². The Bertz CT molecular complexity index is 766. The minimum absolute atomic E-state index is 0.0242. The van der Waals surface area contributed by atoms with Gasteiger partial charge >= 0.3 is 0 Å². The molecule has 0 atom stereocenters. The zero-order valence-corrected chi connectivity index (χ0v) is 14.9. The van der Waals surface area contributed by atoms with Crippen LogP contribution in [0.3, 0.4) is 0 Å². The van der Waals surface area contributed by atoms with E-state index in [1.54, 1.807) is 0 Å². The predicted molar refractivity (Wildman–Crippen MR) is 101 cm³/mol. The van der Waals surface area contributed by atoms with E-state index in [0.29, 0.717) is 25.8 Å². The molecule has 3 N–H and O–H groups in total. The number of carbonyl (C=O) groups is 2. The van der Waals surface area contributed by atoms with Crippen LogP contribution in [0.4, 0.5) is 5.69 Å². The fraction of sp³-hybridized carbons (Fsp3) is 0.333. The van der Waals surface area contributed by atoms with Crippen molar-refractivity contribution in [2.24, 2.45) is 0 Å². The average molecular weight is 352 g/mol. The summed E-state index contributed by atoms with van der Waals surface area (Å²) in [7, 11) is 0. The number of nitrogens with one attached hydrogen (secondary N) is 2. The van der Waals surface area contributed by atoms with Crippen LogP contribution in [0.25, 0.3) is 0 Å². The van der Waals surface area contributed by atoms with Gasteiger partial charge in [0.05, 0.1) is 11.5 Å². The Kier molecular flexibility index (Phi) is 5.38. The van der Waals surface area contributed by atoms with E-state index in [-0.39, 0.29) is 11.8 Å². The fourth-order valence-electron chi connectivity index (χ4n) is 3.50. The minimum atomic E-state index is -0.615. The summed E-state index contributed by atoms with van der Waals surface area (Å²) in [6.07, 6.45) is 1.23. The molecule has 2 amide bonds. The predicted octanol–water partition coefficient (Wildman–Crippen LogP) is 2.40. The number of amides is 2. The minimum Gasteiger partial charge on any atom is -0.393 e. The summed E-state index contributed by atoms with van der Waals surface area (Å²) in [4.78, 5) is 23.8. The van der Waals surface area contributed by atoms with E-state index < -0.39 is 11.5 Å². The van der Waals surface area contributed by atoms with Crippen molar-refractivity contribution >= 4 is 17.5 Å². The second-order valence-electron chi connectivity index (χ2n) is 6.89. The molecule has 0 spiro atoms. The van der Waals surface area contributed by atoms with Crippen LogP contribution in [0.15, 0.2) is 54.6 Å². The SMILES string of the molecule is CC(=O)Nc1ccc(CCNC(=O)C2(c3ccccc3)CC(O)C2)cc1. The number of aliphatic hydroxyl groups excluding tert-OH is 1. The van der Waals surface area contributed by atoms with Gasteiger partial charge in [0, 0.05) is 19.2 Å². The summed E-state index contributed by atoms with van der Waals surface area (Å²) in [5, 5.41) is 15.5. The number of benzene rings is 2. The monoisotopic (exact) mass is 352 g/mol. The van der Waals surface area contributed by atoms with Crippen LogP contribution < -0.4 is 10.6 Å². The van der Waals surface area contributed by atoms with Gasteiger partial charge in [0.2, 0.25) is 11.8 Å². The van der Waals surface area contributed by atoms with Crippen LogP contribution in [-0.2, 0) is 21.4 Å². The molecule has 5 heteroatoms. The molecule has 26 heavy (non-hydrogen) atoms. The number of anilines is 1. The largest absolute Gasteiger partial charge is 0.393 e. The molecule has 1 aliphatic carbocycles. The lowest BCUT2D eigenvalue weighted by molar-refractivity contribution is -0.135. The maximum absolute atomic E-state index is 12.8. The zero-order valence-electron chi connectivity index (χ0n) is 14.9. The van der Waals surface area contributed by atoms with Crippen molar-refractivity contribution < 1.29 is 14.7 Å². The Morgan fingerprint density at radius 2 is 1.73 bits per heavy atom. The molecule has 1 saturated carbocycles. The smallest absolute Gasteiger partial charge is 0.230 e. The van der Waals surface area contributed by atoms with Crippen molar-refractivity contribution in [2.75, 3.05) is 11.9 Å². The molecule has 0 saturated heterocycles. The van der Waals surface area contributed by atoms with E-state index in [4.69, 9.17) is 0 Å². The van der Waals surface area contributed by atoms with Gasteiger partial charge in [-0.15, -0.1) is 0 Å². The van der Waals surface area contributed by atoms with E-state index in [1.165, 1.54) is 6.92 Å². The van der Waals surface area contributed by atoms with Gasteiger partial charge in [-0.1, -0.05) is 42.5 Å². The van der Waals surface area contributed by atoms with Crippen LogP contribution in [0.5, 0.6) is 0 Å². The van der Waals surface area contributed by atoms with Crippen molar-refractivity contribution in [3.8, 4) is 0 Å². The van der Waals surface area contributed by atoms with E-state index in [9.17, 15) is 14.7 Å². The highest BCUT2D eigenvalue weighted by molar-refractivity contribution is 5.89. The summed E-state index contributed by atoms with van der Waals surface area (Å²) < 4.78 is 0. The molecule has 2 aromatic carbocycles. The topological polar surface area (TPSA) is 78.4 Å². The third kappa shape index (κ3) is 3.94. The normalized spacial score (nSPS) is 21.5. The molecule has 136 valence electrons. The van der Waals surface area contributed by atoms with Crippen molar-refractivity contribution in [2.45, 2.75) is 37.7 Å². The van der Waals surface area contributed by atoms with Crippen LogP contribution in [-0.4, -0.2) is 29.6 Å². The lowest BCUT2D eigenvalue weighted by Crippen LogP contribution is -2.55. The maximum Gasteiger partial charge on any atom is 0.230 e. The van der Waals surface area contributed by atoms with E-state index in [1.807, 2.05) is 54.6 Å². The summed E-state index contributed by atoms with van der Waals surface area (Å²) in [5.74, 6) is -0.122. The average Bonchev–Trinajstić information content (AvgIpc) is 2.60. The molecule has 0 heterocycles. The van der Waals surface area contributed by atoms with Crippen LogP contribution in [0, 0.1) is 0 Å². The van der Waals surface area contributed by atoms with Crippen LogP contribution in [0.2, 0.25) is 0 Å². The number of hydrogen-bond acceptors (Lipinski definition) is 3. The molecule has 0 radical (unpaired) electrons. The maximum atomic E-state index is 12.8. The Morgan fingerprint density at radius 3 is 2.31 bits per heavy atom. The Hall–Kier alpha value is -2.66. The zero-order chi connectivity index (χ0) is 18.6. The van der Waals surface area contributed by atoms with Crippen molar-refractivity contribution in [1.82, 2.24) is 5.32 Å². The third-order valence-electron chi connectivity index (χ3n) is 4.90. The van der Waals surface area contributed by atoms with Gasteiger partial charge in [0.25, 0.3) is 0 Å². The third-order valence-corrected chi connectivity index (χ3v) is 4.90. The van der Waals surface area contributed by atoms with Crippen molar-refractivity contribution in [3.63, 3.8) is 0 Å². The summed E-state index contributed by atoms with van der Waals surface area (Å²) in [6.45, 7) is 2.01. The van der Waals surface area contributed by atoms with Gasteiger partial charge < -0.3 is 15.7 Å². The summed E-state index contributed by atoms with van der Waals surface area (Å²) >= 11 is 0. The van der Waals surface area contributed by atoms with Crippen molar-refractivity contribution in [1.29, 1.82) is 0 Å². The van der Waals surface area contributed by atoms with Gasteiger partial charge in [-0.2, -0.15) is 0 Å². The van der Waals surface area contributed by atoms with E-state index >= 15 is 0 Å². The number of hydrogen-bond donors (Lipinski definition) is 3. The molecule has 0 unspecified atom stereocenters. The lowest BCUT2D eigenvalue weighted by atomic mass is 9.62. The lowest BCUT2D eigenvalue weighted by Gasteiger charge is -2.44. The molecule has 0 bridgehead atoms. The van der Waals surface area contributed by atoms with Gasteiger partial charge in [0.15, 0.2) is 0 Å². The Balaban J connectivity index is 1.57. The first-order chi connectivity index (χ1) is 12.5. The molecule has 0 aromatic heterocycles. The fourth-order valence-corrected chi connectivity index (χ4v) is 3.50. The van der Waals surface area contributed by atoms with E-state index in [0.717, 1.165) is 16.8 Å². The first kappa shape index (κ1) is 18.1. The molecular weight excluding hydrogens is 328 g/mol. The van der Waals surface area contributed by atoms with Crippen LogP contribution in [0.1, 0.15) is 30.9 Å². The Morgan fingerprint density at radius 1 is 1.08 bits per heavy atom. The number of carbonyl (C=O) groups excluding carboxylic acids is 2. The number of aliphatic hydroxyl groups is 1. The standard InChI is InChI=1S/C21H24N2O3/c1-15(24)23-18-9-7-16(8-10-18)11-12-22-20(26)21(13-19(25)14-21)17-5-3-2-4-6-17/h2-10,19,25H,11-14H2,1H3,(H,22,26)(H,23,24). The first-order valence-electron chi connectivity index (χ1n) is 8.88. The molecule has 1 aliphatic rings. The first-order valence-corrected chi connectivity index (χ1v) is 8.88. The summed E-state index contributed by atoms with van der Waals surface area (Å²) in [5.41, 5.74) is 2.19. The molecule has 3 rings (SSSR count). The van der Waals surface area contributed by atoms with Gasteiger partial charge in [-0.3, -0.25) is 9.59 Å². The Labute approximate surface area is 153 Å². The second-order valence-corrected chi connectivity index (χ2v) is 6.89.